The van der Waals surface area contributed by atoms with Gasteiger partial charge in [0.2, 0.25) is 0 Å². The Morgan fingerprint density at radius 1 is 1.44 bits per heavy atom. The summed E-state index contributed by atoms with van der Waals surface area (Å²) in [4.78, 5) is 0. The molecular formula is C5H5AuNOS. The maximum atomic E-state index is 8.73. The third kappa shape index (κ3) is 2.32. The van der Waals surface area contributed by atoms with Gasteiger partial charge in [0.05, 0.1) is 0 Å². The molecule has 0 saturated carbocycles. The van der Waals surface area contributed by atoms with E-state index in [9.17, 15) is 0 Å². The van der Waals surface area contributed by atoms with Gasteiger partial charge in [0, 0.05) is 28.6 Å². The van der Waals surface area contributed by atoms with Gasteiger partial charge in [0.1, 0.15) is 4.64 Å². The van der Waals surface area contributed by atoms with Crippen LogP contribution < -0.4 is 0 Å². The average molecular weight is 324 g/mol. The van der Waals surface area contributed by atoms with Crippen molar-refractivity contribution in [3.63, 3.8) is 0 Å². The number of hydrogen-bond donors (Lipinski definition) is 1. The SMILES string of the molecule is On1ccccc1=S.[Au]. The molecule has 4 heteroatoms. The topological polar surface area (TPSA) is 25.2 Å². The van der Waals surface area contributed by atoms with E-state index in [1.165, 1.54) is 6.20 Å². The van der Waals surface area contributed by atoms with E-state index in [4.69, 9.17) is 5.21 Å². The molecule has 0 unspecified atom stereocenters. The van der Waals surface area contributed by atoms with Crippen molar-refractivity contribution in [3.05, 3.63) is 29.0 Å². The Morgan fingerprint density at radius 3 is 2.44 bits per heavy atom. The fraction of sp³-hybridized carbons (Fsp3) is 0. The van der Waals surface area contributed by atoms with Gasteiger partial charge in [0.25, 0.3) is 0 Å². The van der Waals surface area contributed by atoms with E-state index in [0.717, 1.165) is 4.73 Å². The summed E-state index contributed by atoms with van der Waals surface area (Å²) < 4.78 is 1.32. The Balaban J connectivity index is 0.000000640. The van der Waals surface area contributed by atoms with Gasteiger partial charge >= 0.3 is 0 Å². The van der Waals surface area contributed by atoms with Crippen molar-refractivity contribution in [1.82, 2.24) is 4.73 Å². The van der Waals surface area contributed by atoms with E-state index in [-0.39, 0.29) is 22.4 Å². The zero-order valence-electron chi connectivity index (χ0n) is 4.41. The maximum Gasteiger partial charge on any atom is 0.142 e. The molecule has 0 aromatic carbocycles. The van der Waals surface area contributed by atoms with Crippen LogP contribution in [0.15, 0.2) is 24.4 Å². The van der Waals surface area contributed by atoms with Gasteiger partial charge in [-0.3, -0.25) is 0 Å². The predicted octanol–water partition coefficient (Wildman–Crippen LogP) is 1.45. The summed E-state index contributed by atoms with van der Waals surface area (Å²) in [5, 5.41) is 8.73. The molecule has 1 aromatic heterocycles. The van der Waals surface area contributed by atoms with Crippen molar-refractivity contribution in [2.45, 2.75) is 0 Å². The van der Waals surface area contributed by atoms with Crippen molar-refractivity contribution in [3.8, 4) is 0 Å². The zero-order chi connectivity index (χ0) is 5.98. The van der Waals surface area contributed by atoms with Crippen LogP contribution in [0, 0.1) is 4.64 Å². The van der Waals surface area contributed by atoms with Crippen LogP contribution in [0.4, 0.5) is 0 Å². The van der Waals surface area contributed by atoms with E-state index in [0.29, 0.717) is 4.64 Å². The third-order valence-corrected chi connectivity index (χ3v) is 1.13. The molecule has 1 heterocycles. The Kier molecular flexibility index (Phi) is 3.81. The van der Waals surface area contributed by atoms with Gasteiger partial charge in [-0.1, -0.05) is 18.3 Å². The summed E-state index contributed by atoms with van der Waals surface area (Å²) in [7, 11) is 0. The van der Waals surface area contributed by atoms with Crippen molar-refractivity contribution >= 4 is 12.2 Å². The molecule has 0 bridgehead atoms. The molecule has 9 heavy (non-hydrogen) atoms. The second-order valence-electron chi connectivity index (χ2n) is 1.38. The molecule has 1 rings (SSSR count). The first-order valence-electron chi connectivity index (χ1n) is 2.17. The molecule has 0 aliphatic heterocycles. The number of aromatic nitrogens is 1. The van der Waals surface area contributed by atoms with E-state index >= 15 is 0 Å². The van der Waals surface area contributed by atoms with Gasteiger partial charge in [0.15, 0.2) is 0 Å². The molecule has 0 atom stereocenters. The minimum absolute atomic E-state index is 0. The molecule has 2 nitrogen and oxygen atoms in total. The van der Waals surface area contributed by atoms with Crippen LogP contribution in [0.2, 0.25) is 0 Å². The number of hydrogen-bond acceptors (Lipinski definition) is 2. The van der Waals surface area contributed by atoms with Crippen molar-refractivity contribution in [2.24, 2.45) is 0 Å². The molecule has 1 aromatic rings. The van der Waals surface area contributed by atoms with Gasteiger partial charge in [-0.2, -0.15) is 4.73 Å². The van der Waals surface area contributed by atoms with E-state index in [1.54, 1.807) is 18.2 Å². The Labute approximate surface area is 73.6 Å². The molecule has 1 N–H and O–H groups in total. The average Bonchev–Trinajstić information content (AvgIpc) is 1.77. The van der Waals surface area contributed by atoms with Crippen LogP contribution in [0.5, 0.6) is 0 Å². The maximum absolute atomic E-state index is 8.73. The molecule has 0 aliphatic carbocycles. The molecule has 0 fully saturated rings. The fourth-order valence-corrected chi connectivity index (χ4v) is 0.558. The van der Waals surface area contributed by atoms with Gasteiger partial charge in [-0.15, -0.1) is 0 Å². The van der Waals surface area contributed by atoms with Crippen molar-refractivity contribution in [2.75, 3.05) is 0 Å². The second kappa shape index (κ2) is 3.85. The van der Waals surface area contributed by atoms with Crippen LogP contribution in [0.1, 0.15) is 0 Å². The quantitative estimate of drug-likeness (QED) is 0.444. The first-order valence-corrected chi connectivity index (χ1v) is 2.58. The largest absolute Gasteiger partial charge is 0.428 e. The zero-order valence-corrected chi connectivity index (χ0v) is 7.40. The van der Waals surface area contributed by atoms with E-state index in [1.807, 2.05) is 0 Å². The molecule has 0 spiro atoms. The summed E-state index contributed by atoms with van der Waals surface area (Å²) in [6.45, 7) is 0. The molecule has 53 valence electrons. The third-order valence-electron chi connectivity index (χ3n) is 0.803. The summed E-state index contributed by atoms with van der Waals surface area (Å²) in [5.41, 5.74) is 0. The van der Waals surface area contributed by atoms with Crippen LogP contribution in [0.3, 0.4) is 0 Å². The minimum atomic E-state index is 0. The minimum Gasteiger partial charge on any atom is -0.428 e. The van der Waals surface area contributed by atoms with Gasteiger partial charge in [-0.05, 0) is 12.1 Å². The Hall–Kier alpha value is -0.0897. The monoisotopic (exact) mass is 324 g/mol. The van der Waals surface area contributed by atoms with Crippen LogP contribution >= 0.6 is 12.2 Å². The van der Waals surface area contributed by atoms with E-state index in [2.05, 4.69) is 12.2 Å². The Bertz CT molecular complexity index is 234. The van der Waals surface area contributed by atoms with Crippen LogP contribution in [-0.2, 0) is 22.4 Å². The first kappa shape index (κ1) is 8.91. The Morgan fingerprint density at radius 2 is 2.11 bits per heavy atom. The van der Waals surface area contributed by atoms with Crippen molar-refractivity contribution in [1.29, 1.82) is 0 Å². The predicted molar refractivity (Wildman–Crippen MR) is 32.5 cm³/mol. The second-order valence-corrected chi connectivity index (χ2v) is 1.80. The fourth-order valence-electron chi connectivity index (χ4n) is 0.419. The van der Waals surface area contributed by atoms with Crippen molar-refractivity contribution < 1.29 is 27.6 Å². The van der Waals surface area contributed by atoms with Gasteiger partial charge in [-0.25, -0.2) is 0 Å². The summed E-state index contributed by atoms with van der Waals surface area (Å²) in [5.74, 6) is 0. The molecule has 0 aliphatic rings. The standard InChI is InChI=1S/C5H5NOS.Au/c7-6-4-2-1-3-5(6)8;/h1-4,7H;. The van der Waals surface area contributed by atoms with Gasteiger partial charge < -0.3 is 5.21 Å². The molecular weight excluding hydrogens is 319 g/mol. The number of pyridine rings is 1. The van der Waals surface area contributed by atoms with E-state index < -0.39 is 0 Å². The summed E-state index contributed by atoms with van der Waals surface area (Å²) in [6.07, 6.45) is 1.49. The van der Waals surface area contributed by atoms with Crippen LogP contribution in [0.25, 0.3) is 0 Å². The van der Waals surface area contributed by atoms with Crippen LogP contribution in [-0.4, -0.2) is 9.94 Å². The molecule has 0 amide bonds. The smallest absolute Gasteiger partial charge is 0.142 e. The first-order chi connectivity index (χ1) is 3.80. The molecule has 1 radical (unpaired) electrons. The summed E-state index contributed by atoms with van der Waals surface area (Å²) in [6, 6.07) is 5.13. The number of rotatable bonds is 0. The normalized spacial score (nSPS) is 8.00. The molecule has 0 saturated heterocycles. The number of nitrogens with zero attached hydrogens (tertiary/aromatic N) is 1. The summed E-state index contributed by atoms with van der Waals surface area (Å²) >= 11 is 4.67.